The molecule has 3 rings (SSSR count). The molecule has 2 heterocycles. The molecule has 0 fully saturated rings. The van der Waals surface area contributed by atoms with E-state index >= 15 is 0 Å². The van der Waals surface area contributed by atoms with Gasteiger partial charge in [-0.15, -0.1) is 0 Å². The number of hydrogen-bond donors (Lipinski definition) is 1. The molecule has 1 aromatic carbocycles. The Balaban J connectivity index is 1.88. The van der Waals surface area contributed by atoms with Gasteiger partial charge >= 0.3 is 0 Å². The van der Waals surface area contributed by atoms with Gasteiger partial charge in [-0.25, -0.2) is 4.39 Å². The molecule has 0 saturated heterocycles. The molecule has 6 heteroatoms. The Morgan fingerprint density at radius 2 is 1.87 bits per heavy atom. The molecule has 1 N–H and O–H groups in total. The monoisotopic (exact) mass is 327 g/mol. The minimum absolute atomic E-state index is 0.0578. The molecule has 0 aliphatic rings. The molecule has 3 aromatic rings. The summed E-state index contributed by atoms with van der Waals surface area (Å²) in [6.45, 7) is 0. The number of rotatable bonds is 3. The van der Waals surface area contributed by atoms with Crippen molar-refractivity contribution in [2.45, 2.75) is 0 Å². The number of nitrogens with one attached hydrogen (secondary N) is 1. The van der Waals surface area contributed by atoms with Crippen LogP contribution in [0.3, 0.4) is 0 Å². The Bertz CT molecular complexity index is 855. The molecule has 23 heavy (non-hydrogen) atoms. The van der Waals surface area contributed by atoms with E-state index in [4.69, 9.17) is 11.6 Å². The van der Waals surface area contributed by atoms with Gasteiger partial charge in [0.15, 0.2) is 0 Å². The number of hydrogen-bond acceptors (Lipinski definition) is 3. The molecule has 0 aliphatic heterocycles. The average molecular weight is 328 g/mol. The number of halogens is 2. The van der Waals surface area contributed by atoms with Gasteiger partial charge in [0.25, 0.3) is 5.91 Å². The number of anilines is 1. The highest BCUT2D eigenvalue weighted by molar-refractivity contribution is 6.33. The van der Waals surface area contributed by atoms with Crippen LogP contribution in [0.5, 0.6) is 0 Å². The highest BCUT2D eigenvalue weighted by atomic mass is 35.5. The first kappa shape index (κ1) is 15.1. The van der Waals surface area contributed by atoms with E-state index in [1.54, 1.807) is 36.5 Å². The van der Waals surface area contributed by atoms with E-state index in [9.17, 15) is 9.18 Å². The second-order valence-corrected chi connectivity index (χ2v) is 5.13. The molecule has 0 radical (unpaired) electrons. The number of aromatic nitrogens is 2. The van der Waals surface area contributed by atoms with Gasteiger partial charge in [0.05, 0.1) is 16.3 Å². The summed E-state index contributed by atoms with van der Waals surface area (Å²) in [6, 6.07) is 10.9. The van der Waals surface area contributed by atoms with Crippen molar-refractivity contribution in [1.29, 1.82) is 0 Å². The molecule has 2 aromatic heterocycles. The molecule has 114 valence electrons. The van der Waals surface area contributed by atoms with E-state index in [0.29, 0.717) is 22.0 Å². The topological polar surface area (TPSA) is 54.9 Å². The van der Waals surface area contributed by atoms with E-state index in [-0.39, 0.29) is 5.56 Å². The van der Waals surface area contributed by atoms with Crippen molar-refractivity contribution in [2.24, 2.45) is 0 Å². The molecule has 0 unspecified atom stereocenters. The second kappa shape index (κ2) is 6.54. The highest BCUT2D eigenvalue weighted by Gasteiger charge is 2.14. The summed E-state index contributed by atoms with van der Waals surface area (Å²) >= 11 is 6.05. The first-order chi connectivity index (χ1) is 11.1. The fourth-order valence-electron chi connectivity index (χ4n) is 2.08. The Kier molecular flexibility index (Phi) is 4.30. The van der Waals surface area contributed by atoms with Crippen LogP contribution in [-0.4, -0.2) is 15.9 Å². The van der Waals surface area contributed by atoms with Crippen LogP contribution in [0, 0.1) is 5.82 Å². The molecule has 1 amide bonds. The van der Waals surface area contributed by atoms with Gasteiger partial charge in [0.2, 0.25) is 0 Å². The third-order valence-electron chi connectivity index (χ3n) is 3.18. The van der Waals surface area contributed by atoms with Gasteiger partial charge in [-0.05, 0) is 36.4 Å². The molecule has 0 saturated carbocycles. The Labute approximate surface area is 137 Å². The summed E-state index contributed by atoms with van der Waals surface area (Å²) in [5, 5.41) is 3.03. The van der Waals surface area contributed by atoms with Gasteiger partial charge in [-0.3, -0.25) is 14.8 Å². The lowest BCUT2D eigenvalue weighted by molar-refractivity contribution is 0.102. The summed E-state index contributed by atoms with van der Waals surface area (Å²) < 4.78 is 14.3. The maximum absolute atomic E-state index is 14.3. The first-order valence-corrected chi connectivity index (χ1v) is 7.15. The van der Waals surface area contributed by atoms with E-state index in [0.717, 1.165) is 0 Å². The van der Waals surface area contributed by atoms with Crippen molar-refractivity contribution in [3.8, 4) is 11.3 Å². The van der Waals surface area contributed by atoms with Gasteiger partial charge in [-0.2, -0.15) is 0 Å². The number of benzene rings is 1. The van der Waals surface area contributed by atoms with Crippen LogP contribution in [0.1, 0.15) is 10.4 Å². The third-order valence-corrected chi connectivity index (χ3v) is 3.49. The maximum Gasteiger partial charge on any atom is 0.258 e. The third kappa shape index (κ3) is 3.35. The molecule has 0 atom stereocenters. The highest BCUT2D eigenvalue weighted by Crippen LogP contribution is 2.26. The molecular weight excluding hydrogens is 317 g/mol. The van der Waals surface area contributed by atoms with Crippen LogP contribution < -0.4 is 5.32 Å². The SMILES string of the molecule is O=C(Nc1ccncc1)c1ccc(-c2ncccc2Cl)cc1F. The number of nitrogens with zero attached hydrogens (tertiary/aromatic N) is 2. The molecule has 0 bridgehead atoms. The summed E-state index contributed by atoms with van der Waals surface area (Å²) in [4.78, 5) is 20.1. The molecule has 4 nitrogen and oxygen atoms in total. The largest absolute Gasteiger partial charge is 0.322 e. The number of amides is 1. The van der Waals surface area contributed by atoms with E-state index in [1.807, 2.05) is 0 Å². The quantitative estimate of drug-likeness (QED) is 0.784. The Morgan fingerprint density at radius 1 is 1.09 bits per heavy atom. The fourth-order valence-corrected chi connectivity index (χ4v) is 2.31. The summed E-state index contributed by atoms with van der Waals surface area (Å²) in [5.41, 5.74) is 1.46. The number of carbonyl (C=O) groups excluding carboxylic acids is 1. The van der Waals surface area contributed by atoms with Gasteiger partial charge in [0, 0.05) is 29.8 Å². The van der Waals surface area contributed by atoms with Crippen molar-refractivity contribution in [1.82, 2.24) is 9.97 Å². The predicted octanol–water partition coefficient (Wildman–Crippen LogP) is 4.19. The Morgan fingerprint density at radius 3 is 2.57 bits per heavy atom. The Hall–Kier alpha value is -2.79. The first-order valence-electron chi connectivity index (χ1n) is 6.77. The van der Waals surface area contributed by atoms with E-state index in [2.05, 4.69) is 15.3 Å². The van der Waals surface area contributed by atoms with E-state index in [1.165, 1.54) is 24.5 Å². The summed E-state index contributed by atoms with van der Waals surface area (Å²) in [7, 11) is 0. The van der Waals surface area contributed by atoms with Crippen molar-refractivity contribution in [3.05, 3.63) is 77.5 Å². The lowest BCUT2D eigenvalue weighted by Crippen LogP contribution is -2.13. The summed E-state index contributed by atoms with van der Waals surface area (Å²) in [6.07, 6.45) is 4.65. The van der Waals surface area contributed by atoms with Crippen LogP contribution >= 0.6 is 11.6 Å². The maximum atomic E-state index is 14.3. The van der Waals surface area contributed by atoms with Crippen molar-refractivity contribution < 1.29 is 9.18 Å². The van der Waals surface area contributed by atoms with Gasteiger partial charge in [0.1, 0.15) is 5.82 Å². The zero-order chi connectivity index (χ0) is 16.2. The van der Waals surface area contributed by atoms with Crippen LogP contribution in [0.2, 0.25) is 5.02 Å². The van der Waals surface area contributed by atoms with E-state index < -0.39 is 11.7 Å². The molecule has 0 aliphatic carbocycles. The van der Waals surface area contributed by atoms with Gasteiger partial charge in [-0.1, -0.05) is 17.7 Å². The molecular formula is C17H11ClFN3O. The smallest absolute Gasteiger partial charge is 0.258 e. The van der Waals surface area contributed by atoms with Crippen LogP contribution in [0.25, 0.3) is 11.3 Å². The van der Waals surface area contributed by atoms with Crippen LogP contribution in [0.4, 0.5) is 10.1 Å². The van der Waals surface area contributed by atoms with Crippen molar-refractivity contribution in [2.75, 3.05) is 5.32 Å². The van der Waals surface area contributed by atoms with Gasteiger partial charge < -0.3 is 5.32 Å². The fraction of sp³-hybridized carbons (Fsp3) is 0. The summed E-state index contributed by atoms with van der Waals surface area (Å²) in [5.74, 6) is -1.18. The zero-order valence-corrected chi connectivity index (χ0v) is 12.6. The minimum Gasteiger partial charge on any atom is -0.322 e. The van der Waals surface area contributed by atoms with Crippen LogP contribution in [0.15, 0.2) is 61.1 Å². The normalized spacial score (nSPS) is 10.3. The predicted molar refractivity (Wildman–Crippen MR) is 86.8 cm³/mol. The van der Waals surface area contributed by atoms with Crippen LogP contribution in [-0.2, 0) is 0 Å². The zero-order valence-electron chi connectivity index (χ0n) is 11.8. The number of carbonyl (C=O) groups is 1. The standard InChI is InChI=1S/C17H11ClFN3O/c18-14-2-1-7-21-16(14)11-3-4-13(15(19)10-11)17(23)22-12-5-8-20-9-6-12/h1-10H,(H,20,22,23). The minimum atomic E-state index is -0.643. The lowest BCUT2D eigenvalue weighted by atomic mass is 10.1. The second-order valence-electron chi connectivity index (χ2n) is 4.72. The van der Waals surface area contributed by atoms with Crippen molar-refractivity contribution in [3.63, 3.8) is 0 Å². The molecule has 0 spiro atoms. The number of pyridine rings is 2. The average Bonchev–Trinajstić information content (AvgIpc) is 2.56. The van der Waals surface area contributed by atoms with Crippen molar-refractivity contribution >= 4 is 23.2 Å². The lowest BCUT2D eigenvalue weighted by Gasteiger charge is -2.08.